The van der Waals surface area contributed by atoms with Crippen molar-refractivity contribution in [3.63, 3.8) is 0 Å². The summed E-state index contributed by atoms with van der Waals surface area (Å²) in [5.41, 5.74) is 0.0170. The number of nitrogens with two attached hydrogens (primary N) is 1. The van der Waals surface area contributed by atoms with Gasteiger partial charge in [-0.25, -0.2) is 4.98 Å². The van der Waals surface area contributed by atoms with Gasteiger partial charge in [-0.2, -0.15) is 26.3 Å². The molecular weight excluding hydrogens is 429 g/mol. The normalized spacial score (nSPS) is 12.1. The Labute approximate surface area is 156 Å². The highest BCUT2D eigenvalue weighted by molar-refractivity contribution is 6.35. The summed E-state index contributed by atoms with van der Waals surface area (Å²) in [6, 6.07) is 0.820. The maximum absolute atomic E-state index is 12.9. The third kappa shape index (κ3) is 4.27. The quantitative estimate of drug-likeness (QED) is 0.281. The number of anilines is 3. The summed E-state index contributed by atoms with van der Waals surface area (Å²) in [5, 5.41) is 11.5. The highest BCUT2D eigenvalue weighted by atomic mass is 35.5. The van der Waals surface area contributed by atoms with E-state index in [0.29, 0.717) is 18.3 Å². The minimum atomic E-state index is -5.03. The van der Waals surface area contributed by atoms with E-state index in [1.165, 1.54) is 0 Å². The number of halogens is 8. The molecule has 3 N–H and O–H groups in total. The molecule has 27 heavy (non-hydrogen) atoms. The molecule has 0 aliphatic carbocycles. The number of benzene rings is 1. The molecule has 0 aliphatic rings. The van der Waals surface area contributed by atoms with Gasteiger partial charge in [0.15, 0.2) is 0 Å². The van der Waals surface area contributed by atoms with Crippen LogP contribution >= 0.6 is 23.2 Å². The van der Waals surface area contributed by atoms with Gasteiger partial charge in [0.25, 0.3) is 0 Å². The molecule has 0 saturated carbocycles. The lowest BCUT2D eigenvalue weighted by Gasteiger charge is -2.16. The zero-order valence-electron chi connectivity index (χ0n) is 12.5. The molecule has 1 heterocycles. The zero-order chi connectivity index (χ0) is 20.7. The van der Waals surface area contributed by atoms with Crippen LogP contribution in [0.3, 0.4) is 0 Å². The first-order valence-corrected chi connectivity index (χ1v) is 7.32. The second-order valence-electron chi connectivity index (χ2n) is 4.98. The van der Waals surface area contributed by atoms with Crippen molar-refractivity contribution in [1.29, 1.82) is 0 Å². The van der Waals surface area contributed by atoms with Crippen molar-refractivity contribution in [2.24, 2.45) is 0 Å². The number of nitrogen functional groups attached to an aromatic ring is 1. The van der Waals surface area contributed by atoms with Crippen LogP contribution in [0.1, 0.15) is 11.1 Å². The maximum Gasteiger partial charge on any atom is 0.418 e. The SMILES string of the molecule is Nc1cc(C(F)(F)F)c(Cl)c([N+](=O)[O-])c1Nc1ncc(C(F)(F)F)cc1Cl. The lowest BCUT2D eigenvalue weighted by Crippen LogP contribution is -2.11. The van der Waals surface area contributed by atoms with Crippen LogP contribution in [0.25, 0.3) is 0 Å². The highest BCUT2D eigenvalue weighted by Gasteiger charge is 2.39. The van der Waals surface area contributed by atoms with Crippen LogP contribution in [-0.2, 0) is 12.4 Å². The van der Waals surface area contributed by atoms with Crippen LogP contribution in [0.5, 0.6) is 0 Å². The third-order valence-corrected chi connectivity index (χ3v) is 3.84. The topological polar surface area (TPSA) is 94.1 Å². The molecule has 0 atom stereocenters. The number of nitrogens with zero attached hydrogens (tertiary/aromatic N) is 2. The van der Waals surface area contributed by atoms with Gasteiger partial charge in [-0.1, -0.05) is 23.2 Å². The maximum atomic E-state index is 12.9. The van der Waals surface area contributed by atoms with E-state index in [4.69, 9.17) is 28.9 Å². The molecule has 0 amide bonds. The van der Waals surface area contributed by atoms with Crippen LogP contribution in [0.2, 0.25) is 10.0 Å². The zero-order valence-corrected chi connectivity index (χ0v) is 14.1. The molecule has 1 aromatic heterocycles. The van der Waals surface area contributed by atoms with Crippen LogP contribution in [0.15, 0.2) is 18.3 Å². The molecule has 1 aromatic carbocycles. The van der Waals surface area contributed by atoms with E-state index in [1.54, 1.807) is 0 Å². The van der Waals surface area contributed by atoms with Crippen LogP contribution < -0.4 is 11.1 Å². The number of hydrogen-bond donors (Lipinski definition) is 2. The molecule has 0 saturated heterocycles. The largest absolute Gasteiger partial charge is 0.418 e. The first-order chi connectivity index (χ1) is 12.2. The molecule has 14 heteroatoms. The highest BCUT2D eigenvalue weighted by Crippen LogP contribution is 2.47. The van der Waals surface area contributed by atoms with Crippen molar-refractivity contribution in [3.05, 3.63) is 49.6 Å². The molecule has 0 fully saturated rings. The van der Waals surface area contributed by atoms with Crippen molar-refractivity contribution in [2.45, 2.75) is 12.4 Å². The molecule has 146 valence electrons. The van der Waals surface area contributed by atoms with Gasteiger partial charge >= 0.3 is 18.0 Å². The molecule has 0 radical (unpaired) electrons. The lowest BCUT2D eigenvalue weighted by atomic mass is 10.1. The molecule has 0 spiro atoms. The Balaban J connectivity index is 2.60. The van der Waals surface area contributed by atoms with E-state index < -0.39 is 61.3 Å². The number of aromatic nitrogens is 1. The van der Waals surface area contributed by atoms with Gasteiger partial charge in [0.2, 0.25) is 0 Å². The number of nitro groups is 1. The van der Waals surface area contributed by atoms with Crippen LogP contribution in [-0.4, -0.2) is 9.91 Å². The summed E-state index contributed by atoms with van der Waals surface area (Å²) >= 11 is 11.2. The Morgan fingerprint density at radius 3 is 2.15 bits per heavy atom. The summed E-state index contributed by atoms with van der Waals surface area (Å²) in [7, 11) is 0. The molecule has 0 unspecified atom stereocenters. The molecule has 6 nitrogen and oxygen atoms in total. The van der Waals surface area contributed by atoms with Gasteiger partial charge in [0.1, 0.15) is 16.5 Å². The van der Waals surface area contributed by atoms with Crippen molar-refractivity contribution in [1.82, 2.24) is 4.98 Å². The second-order valence-corrected chi connectivity index (χ2v) is 5.77. The van der Waals surface area contributed by atoms with E-state index >= 15 is 0 Å². The monoisotopic (exact) mass is 434 g/mol. The lowest BCUT2D eigenvalue weighted by molar-refractivity contribution is -0.383. The summed E-state index contributed by atoms with van der Waals surface area (Å²) in [6.45, 7) is 0. The van der Waals surface area contributed by atoms with Crippen molar-refractivity contribution >= 4 is 46.1 Å². The molecule has 0 aliphatic heterocycles. The minimum Gasteiger partial charge on any atom is -0.397 e. The third-order valence-electron chi connectivity index (χ3n) is 3.17. The molecule has 2 aromatic rings. The number of pyridine rings is 1. The number of nitro benzene ring substituents is 1. The second kappa shape index (κ2) is 6.93. The van der Waals surface area contributed by atoms with E-state index in [2.05, 4.69) is 10.3 Å². The van der Waals surface area contributed by atoms with Gasteiger partial charge in [-0.3, -0.25) is 10.1 Å². The summed E-state index contributed by atoms with van der Waals surface area (Å²) < 4.78 is 76.6. The molecular formula is C13H6Cl2F6N4O2. The predicted octanol–water partition coefficient (Wildman–Crippen LogP) is 5.66. The first kappa shape index (κ1) is 20.8. The number of nitrogens with one attached hydrogen (secondary N) is 1. The van der Waals surface area contributed by atoms with Gasteiger partial charge < -0.3 is 11.1 Å². The molecule has 0 bridgehead atoms. The smallest absolute Gasteiger partial charge is 0.397 e. The van der Waals surface area contributed by atoms with Gasteiger partial charge in [-0.15, -0.1) is 0 Å². The number of alkyl halides is 6. The number of hydrogen-bond acceptors (Lipinski definition) is 5. The Hall–Kier alpha value is -2.47. The minimum absolute atomic E-state index is 0.343. The Kier molecular flexibility index (Phi) is 5.34. The van der Waals surface area contributed by atoms with Crippen molar-refractivity contribution in [2.75, 3.05) is 11.1 Å². The fourth-order valence-electron chi connectivity index (χ4n) is 1.98. The summed E-state index contributed by atoms with van der Waals surface area (Å²) in [5.74, 6) is -0.504. The van der Waals surface area contributed by atoms with Crippen molar-refractivity contribution < 1.29 is 31.3 Å². The Bertz CT molecular complexity index is 917. The first-order valence-electron chi connectivity index (χ1n) is 6.56. The van der Waals surface area contributed by atoms with Crippen LogP contribution in [0.4, 0.5) is 49.2 Å². The average Bonchev–Trinajstić information content (AvgIpc) is 2.49. The Morgan fingerprint density at radius 2 is 1.70 bits per heavy atom. The Morgan fingerprint density at radius 1 is 1.11 bits per heavy atom. The van der Waals surface area contributed by atoms with E-state index in [0.717, 1.165) is 0 Å². The average molecular weight is 435 g/mol. The van der Waals surface area contributed by atoms with E-state index in [-0.39, 0.29) is 0 Å². The predicted molar refractivity (Wildman–Crippen MR) is 85.1 cm³/mol. The van der Waals surface area contributed by atoms with E-state index in [1.807, 2.05) is 0 Å². The fourth-order valence-corrected chi connectivity index (χ4v) is 2.52. The van der Waals surface area contributed by atoms with Crippen molar-refractivity contribution in [3.8, 4) is 0 Å². The van der Waals surface area contributed by atoms with Gasteiger partial charge in [-0.05, 0) is 12.1 Å². The van der Waals surface area contributed by atoms with Gasteiger partial charge in [0, 0.05) is 6.20 Å². The summed E-state index contributed by atoms with van der Waals surface area (Å²) in [6.07, 6.45) is -9.40. The van der Waals surface area contributed by atoms with Gasteiger partial charge in [0.05, 0.1) is 26.8 Å². The van der Waals surface area contributed by atoms with E-state index in [9.17, 15) is 36.5 Å². The molecule has 2 rings (SSSR count). The summed E-state index contributed by atoms with van der Waals surface area (Å²) in [4.78, 5) is 13.3. The fraction of sp³-hybridized carbons (Fsp3) is 0.154. The standard InChI is InChI=1S/C13H6Cl2F6N4O2/c14-6-1-4(12(16,17)18)3-23-11(6)24-9-7(22)2-5(13(19,20)21)8(15)10(9)25(26)27/h1-3H,22H2,(H,23,24). The van der Waals surface area contributed by atoms with Crippen LogP contribution in [0, 0.1) is 10.1 Å². The number of rotatable bonds is 3.